The Labute approximate surface area is 104 Å². The number of nitrogens with one attached hydrogen (secondary N) is 1. The molecule has 0 aliphatic rings. The van der Waals surface area contributed by atoms with Gasteiger partial charge in [-0.25, -0.2) is 13.2 Å². The zero-order valence-corrected chi connectivity index (χ0v) is 10.7. The first-order valence-electron chi connectivity index (χ1n) is 5.37. The molecule has 5 heteroatoms. The van der Waals surface area contributed by atoms with Crippen molar-refractivity contribution < 1.29 is 13.2 Å². The molecule has 1 N–H and O–H groups in total. The Morgan fingerprint density at radius 3 is 2.35 bits per heavy atom. The van der Waals surface area contributed by atoms with Crippen LogP contribution in [0.4, 0.5) is 13.2 Å². The van der Waals surface area contributed by atoms with Gasteiger partial charge in [-0.3, -0.25) is 0 Å². The molecule has 1 unspecified atom stereocenters. The van der Waals surface area contributed by atoms with E-state index in [0.29, 0.717) is 18.0 Å². The summed E-state index contributed by atoms with van der Waals surface area (Å²) in [7, 11) is 0. The molecule has 0 spiro atoms. The van der Waals surface area contributed by atoms with Crippen LogP contribution in [0, 0.1) is 23.4 Å². The van der Waals surface area contributed by atoms with Crippen molar-refractivity contribution in [3.05, 3.63) is 35.1 Å². The Balaban J connectivity index is 2.47. The summed E-state index contributed by atoms with van der Waals surface area (Å²) in [6.07, 6.45) is 2.03. The minimum atomic E-state index is -1.41. The second-order valence-electron chi connectivity index (χ2n) is 4.06. The topological polar surface area (TPSA) is 12.0 Å². The van der Waals surface area contributed by atoms with Crippen LogP contribution in [-0.4, -0.2) is 18.6 Å². The Bertz CT molecular complexity index is 348. The molecule has 0 aliphatic heterocycles. The SMILES string of the molecule is CSCC(C)CNCc1cc(F)c(F)c(F)c1. The fourth-order valence-electron chi connectivity index (χ4n) is 1.52. The van der Waals surface area contributed by atoms with Crippen LogP contribution < -0.4 is 5.32 Å². The zero-order chi connectivity index (χ0) is 12.8. The van der Waals surface area contributed by atoms with Crippen molar-refractivity contribution in [3.63, 3.8) is 0 Å². The van der Waals surface area contributed by atoms with Crippen LogP contribution in [0.5, 0.6) is 0 Å². The van der Waals surface area contributed by atoms with Gasteiger partial charge in [0.15, 0.2) is 17.5 Å². The maximum Gasteiger partial charge on any atom is 0.194 e. The lowest BCUT2D eigenvalue weighted by Crippen LogP contribution is -2.22. The summed E-state index contributed by atoms with van der Waals surface area (Å²) in [5.41, 5.74) is 0.415. The van der Waals surface area contributed by atoms with Crippen molar-refractivity contribution >= 4 is 11.8 Å². The van der Waals surface area contributed by atoms with Gasteiger partial charge in [0.1, 0.15) is 0 Å². The minimum absolute atomic E-state index is 0.340. The van der Waals surface area contributed by atoms with Crippen LogP contribution in [0.1, 0.15) is 12.5 Å². The van der Waals surface area contributed by atoms with Crippen molar-refractivity contribution in [1.29, 1.82) is 0 Å². The van der Waals surface area contributed by atoms with Gasteiger partial charge in [0.2, 0.25) is 0 Å². The summed E-state index contributed by atoms with van der Waals surface area (Å²) in [4.78, 5) is 0. The van der Waals surface area contributed by atoms with Crippen molar-refractivity contribution in [2.75, 3.05) is 18.6 Å². The number of benzene rings is 1. The van der Waals surface area contributed by atoms with Crippen LogP contribution in [0.3, 0.4) is 0 Å². The van der Waals surface area contributed by atoms with Gasteiger partial charge in [-0.2, -0.15) is 11.8 Å². The van der Waals surface area contributed by atoms with E-state index < -0.39 is 17.5 Å². The molecule has 17 heavy (non-hydrogen) atoms. The van der Waals surface area contributed by atoms with Crippen molar-refractivity contribution in [2.24, 2.45) is 5.92 Å². The van der Waals surface area contributed by atoms with E-state index in [1.807, 2.05) is 6.26 Å². The van der Waals surface area contributed by atoms with Gasteiger partial charge in [-0.1, -0.05) is 6.92 Å². The number of hydrogen-bond acceptors (Lipinski definition) is 2. The quantitative estimate of drug-likeness (QED) is 0.791. The highest BCUT2D eigenvalue weighted by molar-refractivity contribution is 7.98. The van der Waals surface area contributed by atoms with E-state index in [2.05, 4.69) is 12.2 Å². The lowest BCUT2D eigenvalue weighted by atomic mass is 10.2. The molecule has 0 bridgehead atoms. The summed E-state index contributed by atoms with van der Waals surface area (Å²) >= 11 is 1.75. The first-order chi connectivity index (χ1) is 8.04. The normalized spacial score (nSPS) is 12.8. The van der Waals surface area contributed by atoms with E-state index in [0.717, 1.165) is 24.4 Å². The number of thioether (sulfide) groups is 1. The van der Waals surface area contributed by atoms with Crippen LogP contribution in [0.25, 0.3) is 0 Å². The summed E-state index contributed by atoms with van der Waals surface area (Å²) in [5.74, 6) is -2.18. The molecule has 0 aliphatic carbocycles. The standard InChI is InChI=1S/C12H16F3NS/c1-8(7-17-2)5-16-6-9-3-10(13)12(15)11(14)4-9/h3-4,8,16H,5-7H2,1-2H3. The molecule has 1 nitrogen and oxygen atoms in total. The van der Waals surface area contributed by atoms with E-state index in [4.69, 9.17) is 0 Å². The van der Waals surface area contributed by atoms with E-state index in [1.165, 1.54) is 0 Å². The fraction of sp³-hybridized carbons (Fsp3) is 0.500. The summed E-state index contributed by atoms with van der Waals surface area (Å²) < 4.78 is 38.5. The number of rotatable bonds is 6. The molecule has 0 amide bonds. The highest BCUT2D eigenvalue weighted by Gasteiger charge is 2.10. The zero-order valence-electron chi connectivity index (χ0n) is 9.90. The maximum absolute atomic E-state index is 12.9. The van der Waals surface area contributed by atoms with E-state index in [1.54, 1.807) is 11.8 Å². The van der Waals surface area contributed by atoms with Gasteiger partial charge in [-0.05, 0) is 42.2 Å². The van der Waals surface area contributed by atoms with Gasteiger partial charge in [0.05, 0.1) is 0 Å². The van der Waals surface area contributed by atoms with Crippen LogP contribution in [0.2, 0.25) is 0 Å². The van der Waals surface area contributed by atoms with Crippen LogP contribution in [0.15, 0.2) is 12.1 Å². The molecule has 0 radical (unpaired) electrons. The molecule has 0 aromatic heterocycles. The predicted molar refractivity (Wildman–Crippen MR) is 65.6 cm³/mol. The fourth-order valence-corrected chi connectivity index (χ4v) is 2.20. The summed E-state index contributed by atoms with van der Waals surface area (Å²) in [6, 6.07) is 2.04. The van der Waals surface area contributed by atoms with Crippen molar-refractivity contribution in [1.82, 2.24) is 5.32 Å². The van der Waals surface area contributed by atoms with Crippen LogP contribution in [-0.2, 0) is 6.54 Å². The summed E-state index contributed by atoms with van der Waals surface area (Å²) in [5, 5.41) is 3.09. The van der Waals surface area contributed by atoms with E-state index in [-0.39, 0.29) is 0 Å². The third-order valence-corrected chi connectivity index (χ3v) is 3.22. The third-order valence-electron chi connectivity index (χ3n) is 2.32. The van der Waals surface area contributed by atoms with Gasteiger partial charge in [-0.15, -0.1) is 0 Å². The average Bonchev–Trinajstić information content (AvgIpc) is 2.26. The second kappa shape index (κ2) is 6.91. The van der Waals surface area contributed by atoms with Gasteiger partial charge >= 0.3 is 0 Å². The number of hydrogen-bond donors (Lipinski definition) is 1. The molecule has 0 heterocycles. The molecule has 1 aromatic rings. The average molecular weight is 263 g/mol. The molecule has 0 fully saturated rings. The van der Waals surface area contributed by atoms with Crippen molar-refractivity contribution in [2.45, 2.75) is 13.5 Å². The maximum atomic E-state index is 12.9. The Kier molecular flexibility index (Phi) is 5.85. The lowest BCUT2D eigenvalue weighted by molar-refractivity contribution is 0.443. The molecular formula is C12H16F3NS. The molecular weight excluding hydrogens is 247 g/mol. The predicted octanol–water partition coefficient (Wildman–Crippen LogP) is 3.19. The van der Waals surface area contributed by atoms with Gasteiger partial charge < -0.3 is 5.32 Å². The minimum Gasteiger partial charge on any atom is -0.312 e. The van der Waals surface area contributed by atoms with Gasteiger partial charge in [0, 0.05) is 6.54 Å². The molecule has 96 valence electrons. The van der Waals surface area contributed by atoms with Crippen LogP contribution >= 0.6 is 11.8 Å². The third kappa shape index (κ3) is 4.60. The molecule has 0 saturated heterocycles. The summed E-state index contributed by atoms with van der Waals surface area (Å²) in [6.45, 7) is 3.20. The number of halogens is 3. The molecule has 1 rings (SSSR count). The highest BCUT2D eigenvalue weighted by atomic mass is 32.2. The first-order valence-corrected chi connectivity index (χ1v) is 6.77. The van der Waals surface area contributed by atoms with Gasteiger partial charge in [0.25, 0.3) is 0 Å². The molecule has 1 aromatic carbocycles. The molecule has 1 atom stereocenters. The monoisotopic (exact) mass is 263 g/mol. The second-order valence-corrected chi connectivity index (χ2v) is 4.98. The largest absolute Gasteiger partial charge is 0.312 e. The Hall–Kier alpha value is -0.680. The molecule has 0 saturated carbocycles. The Morgan fingerprint density at radius 1 is 1.24 bits per heavy atom. The van der Waals surface area contributed by atoms with E-state index in [9.17, 15) is 13.2 Å². The lowest BCUT2D eigenvalue weighted by Gasteiger charge is -2.11. The van der Waals surface area contributed by atoms with E-state index >= 15 is 0 Å². The first kappa shape index (κ1) is 14.4. The van der Waals surface area contributed by atoms with Crippen molar-refractivity contribution in [3.8, 4) is 0 Å². The smallest absolute Gasteiger partial charge is 0.194 e. The Morgan fingerprint density at radius 2 is 1.82 bits per heavy atom. The highest BCUT2D eigenvalue weighted by Crippen LogP contribution is 2.13.